The Bertz CT molecular complexity index is 566. The first kappa shape index (κ1) is 22.8. The number of ether oxygens (including phenoxy) is 1. The summed E-state index contributed by atoms with van der Waals surface area (Å²) in [4.78, 5) is 6.65. The van der Waals surface area contributed by atoms with E-state index in [1.165, 1.54) is 37.1 Å². The maximum absolute atomic E-state index is 12.1. The predicted molar refractivity (Wildman–Crippen MR) is 107 cm³/mol. The molecule has 148 valence electrons. The smallest absolute Gasteiger partial charge is 0.406 e. The van der Waals surface area contributed by atoms with Crippen molar-refractivity contribution in [3.8, 4) is 5.75 Å². The Morgan fingerprint density at radius 1 is 1.35 bits per heavy atom. The van der Waals surface area contributed by atoms with Crippen LogP contribution in [0, 0.1) is 5.92 Å². The highest BCUT2D eigenvalue weighted by molar-refractivity contribution is 14.0. The molecule has 1 atom stereocenters. The fourth-order valence-electron chi connectivity index (χ4n) is 2.88. The van der Waals surface area contributed by atoms with E-state index in [4.69, 9.17) is 5.73 Å². The molecule has 1 aromatic rings. The number of benzene rings is 1. The molecule has 0 aromatic heterocycles. The van der Waals surface area contributed by atoms with Crippen molar-refractivity contribution >= 4 is 29.9 Å². The van der Waals surface area contributed by atoms with Crippen LogP contribution in [0.4, 0.5) is 13.2 Å². The van der Waals surface area contributed by atoms with E-state index < -0.39 is 6.36 Å². The number of likely N-dealkylation sites (tertiary alicyclic amines) is 1. The second-order valence-electron chi connectivity index (χ2n) is 6.18. The number of nitrogens with one attached hydrogen (secondary N) is 1. The molecule has 1 saturated heterocycles. The molecule has 1 aromatic carbocycles. The Labute approximate surface area is 169 Å². The summed E-state index contributed by atoms with van der Waals surface area (Å²) in [6.07, 6.45) is -2.30. The SMILES string of the molecule is CCN1CCCC(CNC(N)=NCc2ccc(OC(F)(F)F)cc2)C1.I. The molecule has 5 nitrogen and oxygen atoms in total. The number of piperidine rings is 1. The van der Waals surface area contributed by atoms with Crippen LogP contribution in [0.3, 0.4) is 0 Å². The van der Waals surface area contributed by atoms with Crippen molar-refractivity contribution in [2.24, 2.45) is 16.6 Å². The molecule has 1 aliphatic heterocycles. The van der Waals surface area contributed by atoms with E-state index in [0.717, 1.165) is 31.7 Å². The first-order valence-electron chi connectivity index (χ1n) is 8.46. The number of aliphatic imine (C=N–C) groups is 1. The van der Waals surface area contributed by atoms with Gasteiger partial charge in [-0.2, -0.15) is 0 Å². The van der Waals surface area contributed by atoms with E-state index in [2.05, 4.69) is 26.9 Å². The fraction of sp³-hybridized carbons (Fsp3) is 0.588. The summed E-state index contributed by atoms with van der Waals surface area (Å²) in [6.45, 7) is 6.54. The number of hydrogen-bond donors (Lipinski definition) is 2. The van der Waals surface area contributed by atoms with Crippen LogP contribution >= 0.6 is 24.0 Å². The molecular formula is C17H26F3IN4O. The molecule has 2 rings (SSSR count). The minimum Gasteiger partial charge on any atom is -0.406 e. The van der Waals surface area contributed by atoms with E-state index in [0.29, 0.717) is 18.4 Å². The first-order chi connectivity index (χ1) is 11.9. The molecule has 3 N–H and O–H groups in total. The lowest BCUT2D eigenvalue weighted by Crippen LogP contribution is -2.42. The first-order valence-corrected chi connectivity index (χ1v) is 8.46. The van der Waals surface area contributed by atoms with Gasteiger partial charge in [0, 0.05) is 13.1 Å². The molecule has 1 unspecified atom stereocenters. The normalized spacial score (nSPS) is 18.9. The van der Waals surface area contributed by atoms with Gasteiger partial charge >= 0.3 is 6.36 Å². The molecule has 0 bridgehead atoms. The average Bonchev–Trinajstić information content (AvgIpc) is 2.58. The molecule has 0 saturated carbocycles. The summed E-state index contributed by atoms with van der Waals surface area (Å²) in [5, 5.41) is 3.14. The number of guanidine groups is 1. The van der Waals surface area contributed by atoms with Gasteiger partial charge in [0.15, 0.2) is 5.96 Å². The van der Waals surface area contributed by atoms with Gasteiger partial charge in [0.05, 0.1) is 6.54 Å². The average molecular weight is 486 g/mol. The zero-order valence-corrected chi connectivity index (χ0v) is 17.1. The topological polar surface area (TPSA) is 62.9 Å². The van der Waals surface area contributed by atoms with Crippen molar-refractivity contribution in [1.82, 2.24) is 10.2 Å². The van der Waals surface area contributed by atoms with Gasteiger partial charge < -0.3 is 20.7 Å². The number of alkyl halides is 3. The van der Waals surface area contributed by atoms with Crippen LogP contribution in [-0.4, -0.2) is 43.4 Å². The maximum atomic E-state index is 12.1. The van der Waals surface area contributed by atoms with Crippen molar-refractivity contribution in [1.29, 1.82) is 0 Å². The van der Waals surface area contributed by atoms with Crippen LogP contribution in [0.5, 0.6) is 5.75 Å². The van der Waals surface area contributed by atoms with Crippen molar-refractivity contribution in [3.05, 3.63) is 29.8 Å². The molecule has 0 radical (unpaired) electrons. The van der Waals surface area contributed by atoms with Crippen LogP contribution in [-0.2, 0) is 6.54 Å². The number of nitrogens with two attached hydrogens (primary N) is 1. The molecule has 26 heavy (non-hydrogen) atoms. The van der Waals surface area contributed by atoms with Crippen molar-refractivity contribution in [2.75, 3.05) is 26.2 Å². The highest BCUT2D eigenvalue weighted by Gasteiger charge is 2.30. The highest BCUT2D eigenvalue weighted by atomic mass is 127. The lowest BCUT2D eigenvalue weighted by Gasteiger charge is -2.31. The van der Waals surface area contributed by atoms with Gasteiger partial charge in [0.25, 0.3) is 0 Å². The third kappa shape index (κ3) is 8.43. The largest absolute Gasteiger partial charge is 0.573 e. The monoisotopic (exact) mass is 486 g/mol. The summed E-state index contributed by atoms with van der Waals surface area (Å²) in [5.74, 6) is 0.662. The molecule has 9 heteroatoms. The highest BCUT2D eigenvalue weighted by Crippen LogP contribution is 2.22. The van der Waals surface area contributed by atoms with Gasteiger partial charge in [-0.15, -0.1) is 37.1 Å². The van der Waals surface area contributed by atoms with Crippen LogP contribution < -0.4 is 15.8 Å². The Morgan fingerprint density at radius 2 is 2.04 bits per heavy atom. The number of hydrogen-bond acceptors (Lipinski definition) is 3. The van der Waals surface area contributed by atoms with Crippen molar-refractivity contribution in [3.63, 3.8) is 0 Å². The van der Waals surface area contributed by atoms with Gasteiger partial charge in [-0.25, -0.2) is 4.99 Å². The quantitative estimate of drug-likeness (QED) is 0.368. The molecule has 0 aliphatic carbocycles. The zero-order valence-electron chi connectivity index (χ0n) is 14.8. The van der Waals surface area contributed by atoms with E-state index in [1.807, 2.05) is 0 Å². The molecule has 1 aliphatic rings. The fourth-order valence-corrected chi connectivity index (χ4v) is 2.88. The van der Waals surface area contributed by atoms with E-state index >= 15 is 0 Å². The third-order valence-electron chi connectivity index (χ3n) is 4.21. The van der Waals surface area contributed by atoms with Gasteiger partial charge in [0.1, 0.15) is 5.75 Å². The Kier molecular flexibility index (Phi) is 9.48. The van der Waals surface area contributed by atoms with Crippen molar-refractivity contribution in [2.45, 2.75) is 32.7 Å². The second-order valence-corrected chi connectivity index (χ2v) is 6.18. The van der Waals surface area contributed by atoms with Crippen LogP contribution in [0.2, 0.25) is 0 Å². The van der Waals surface area contributed by atoms with Gasteiger partial charge in [-0.3, -0.25) is 0 Å². The van der Waals surface area contributed by atoms with Gasteiger partial charge in [-0.05, 0) is 49.5 Å². The van der Waals surface area contributed by atoms with E-state index in [9.17, 15) is 13.2 Å². The van der Waals surface area contributed by atoms with E-state index in [1.54, 1.807) is 0 Å². The zero-order chi connectivity index (χ0) is 18.3. The summed E-state index contributed by atoms with van der Waals surface area (Å²) in [5.41, 5.74) is 6.63. The molecule has 0 amide bonds. The van der Waals surface area contributed by atoms with E-state index in [-0.39, 0.29) is 29.7 Å². The van der Waals surface area contributed by atoms with Crippen LogP contribution in [0.15, 0.2) is 29.3 Å². The minimum absolute atomic E-state index is 0. The number of nitrogens with zero attached hydrogens (tertiary/aromatic N) is 2. The van der Waals surface area contributed by atoms with Crippen molar-refractivity contribution < 1.29 is 17.9 Å². The maximum Gasteiger partial charge on any atom is 0.573 e. The second kappa shape index (κ2) is 10.8. The summed E-state index contributed by atoms with van der Waals surface area (Å²) in [7, 11) is 0. The summed E-state index contributed by atoms with van der Waals surface area (Å²) >= 11 is 0. The molecule has 0 spiro atoms. The van der Waals surface area contributed by atoms with Gasteiger partial charge in [0.2, 0.25) is 0 Å². The summed E-state index contributed by atoms with van der Waals surface area (Å²) < 4.78 is 40.2. The summed E-state index contributed by atoms with van der Waals surface area (Å²) in [6, 6.07) is 5.61. The Hall–Kier alpha value is -1.23. The number of rotatable bonds is 6. The standard InChI is InChI=1S/C17H25F3N4O.HI/c1-2-24-9-3-4-14(12-24)11-23-16(21)22-10-13-5-7-15(8-6-13)25-17(18,19)20;/h5-8,14H,2-4,9-12H2,1H3,(H3,21,22,23);1H. The van der Waals surface area contributed by atoms with Crippen LogP contribution in [0.25, 0.3) is 0 Å². The minimum atomic E-state index is -4.68. The lowest BCUT2D eigenvalue weighted by molar-refractivity contribution is -0.274. The third-order valence-corrected chi connectivity index (χ3v) is 4.21. The Balaban J connectivity index is 0.00000338. The molecular weight excluding hydrogens is 460 g/mol. The van der Waals surface area contributed by atoms with Gasteiger partial charge in [-0.1, -0.05) is 19.1 Å². The molecule has 1 fully saturated rings. The number of halogens is 4. The lowest BCUT2D eigenvalue weighted by atomic mass is 9.98. The Morgan fingerprint density at radius 3 is 2.65 bits per heavy atom. The predicted octanol–water partition coefficient (Wildman–Crippen LogP) is 3.34. The molecule has 1 heterocycles. The van der Waals surface area contributed by atoms with Crippen LogP contribution in [0.1, 0.15) is 25.3 Å².